The quantitative estimate of drug-likeness (QED) is 0.413. The van der Waals surface area contributed by atoms with E-state index >= 15 is 0 Å². The van der Waals surface area contributed by atoms with Gasteiger partial charge in [-0.05, 0) is 62.1 Å². The molecule has 1 aromatic heterocycles. The van der Waals surface area contributed by atoms with E-state index in [1.54, 1.807) is 0 Å². The van der Waals surface area contributed by atoms with E-state index in [9.17, 15) is 22.8 Å². The molecular weight excluding hydrogens is 494 g/mol. The van der Waals surface area contributed by atoms with Crippen LogP contribution in [0.1, 0.15) is 103 Å². The highest BCUT2D eigenvalue weighted by atomic mass is 32.2. The molecule has 37 heavy (non-hydrogen) atoms. The third-order valence-electron chi connectivity index (χ3n) is 6.32. The minimum Gasteiger partial charge on any atom is -0.458 e. The lowest BCUT2D eigenvalue weighted by Gasteiger charge is -2.22. The molecule has 9 nitrogen and oxygen atoms in total. The number of aromatic nitrogens is 1. The van der Waals surface area contributed by atoms with Crippen molar-refractivity contribution in [2.45, 2.75) is 88.7 Å². The molecule has 200 valence electrons. The summed E-state index contributed by atoms with van der Waals surface area (Å²) >= 11 is 0. The van der Waals surface area contributed by atoms with Crippen molar-refractivity contribution in [1.29, 1.82) is 0 Å². The molecule has 10 heteroatoms. The number of ether oxygens (including phenoxy) is 1. The average molecular weight is 530 g/mol. The Balaban J connectivity index is 1.60. The smallest absolute Gasteiger partial charge is 0.357 e. The van der Waals surface area contributed by atoms with Gasteiger partial charge in [0.1, 0.15) is 11.8 Å². The molecule has 0 radical (unpaired) electrons. The number of amides is 2. The van der Waals surface area contributed by atoms with Crippen molar-refractivity contribution >= 4 is 27.8 Å². The summed E-state index contributed by atoms with van der Waals surface area (Å²) in [5.74, 6) is -1.72. The van der Waals surface area contributed by atoms with Crippen LogP contribution in [-0.2, 0) is 14.8 Å². The van der Waals surface area contributed by atoms with Gasteiger partial charge in [0, 0.05) is 17.8 Å². The van der Waals surface area contributed by atoms with Crippen LogP contribution in [0.3, 0.4) is 0 Å². The largest absolute Gasteiger partial charge is 0.458 e. The number of hydrogen-bond donors (Lipinski definition) is 2. The highest BCUT2D eigenvalue weighted by molar-refractivity contribution is 7.90. The highest BCUT2D eigenvalue weighted by Gasteiger charge is 2.22. The van der Waals surface area contributed by atoms with E-state index in [2.05, 4.69) is 10.3 Å². The molecule has 1 fully saturated rings. The summed E-state index contributed by atoms with van der Waals surface area (Å²) in [5.41, 5.74) is 0.364. The molecule has 1 heterocycles. The van der Waals surface area contributed by atoms with Gasteiger partial charge in [-0.25, -0.2) is 22.9 Å². The van der Waals surface area contributed by atoms with Gasteiger partial charge >= 0.3 is 5.97 Å². The van der Waals surface area contributed by atoms with Crippen molar-refractivity contribution < 1.29 is 27.5 Å². The molecule has 2 aromatic rings. The van der Waals surface area contributed by atoms with Gasteiger partial charge in [0.15, 0.2) is 0 Å². The van der Waals surface area contributed by atoms with E-state index in [0.29, 0.717) is 5.56 Å². The van der Waals surface area contributed by atoms with Crippen LogP contribution in [0.2, 0.25) is 0 Å². The van der Waals surface area contributed by atoms with Gasteiger partial charge in [0.05, 0.1) is 10.5 Å². The Morgan fingerprint density at radius 3 is 2.11 bits per heavy atom. The van der Waals surface area contributed by atoms with Crippen LogP contribution in [0.5, 0.6) is 0 Å². The summed E-state index contributed by atoms with van der Waals surface area (Å²) in [6.45, 7) is 4.03. The van der Waals surface area contributed by atoms with Crippen LogP contribution < -0.4 is 10.0 Å². The Labute approximate surface area is 218 Å². The zero-order chi connectivity index (χ0) is 26.8. The zero-order valence-electron chi connectivity index (χ0n) is 21.4. The van der Waals surface area contributed by atoms with E-state index in [4.69, 9.17) is 4.74 Å². The number of rotatable bonds is 11. The molecule has 0 spiro atoms. The van der Waals surface area contributed by atoms with Crippen molar-refractivity contribution in [2.24, 2.45) is 0 Å². The van der Waals surface area contributed by atoms with Gasteiger partial charge in [0.2, 0.25) is 0 Å². The van der Waals surface area contributed by atoms with E-state index in [1.807, 2.05) is 18.6 Å². The van der Waals surface area contributed by atoms with Crippen molar-refractivity contribution in [1.82, 2.24) is 15.0 Å². The fourth-order valence-electron chi connectivity index (χ4n) is 4.31. The first-order chi connectivity index (χ1) is 17.7. The Morgan fingerprint density at radius 1 is 0.919 bits per heavy atom. The number of carbonyl (C=O) groups is 3. The Bertz CT molecular complexity index is 1170. The number of benzene rings is 1. The molecule has 0 saturated heterocycles. The third-order valence-corrected chi connectivity index (χ3v) is 7.67. The number of carbonyl (C=O) groups excluding carboxylic acids is 3. The lowest BCUT2D eigenvalue weighted by molar-refractivity contribution is 0.0251. The zero-order valence-corrected chi connectivity index (χ0v) is 22.2. The van der Waals surface area contributed by atoms with Gasteiger partial charge < -0.3 is 10.1 Å². The van der Waals surface area contributed by atoms with Crippen molar-refractivity contribution in [3.05, 3.63) is 59.4 Å². The lowest BCUT2D eigenvalue weighted by atomic mass is 9.95. The summed E-state index contributed by atoms with van der Waals surface area (Å²) in [4.78, 5) is 41.2. The number of pyridine rings is 1. The Kier molecular flexibility index (Phi) is 10.2. The third kappa shape index (κ3) is 8.11. The summed E-state index contributed by atoms with van der Waals surface area (Å²) < 4.78 is 32.9. The predicted molar refractivity (Wildman–Crippen MR) is 139 cm³/mol. The first-order valence-electron chi connectivity index (χ1n) is 12.9. The summed E-state index contributed by atoms with van der Waals surface area (Å²) in [5, 5.41) is 2.98. The van der Waals surface area contributed by atoms with Crippen LogP contribution >= 0.6 is 0 Å². The predicted octanol–water partition coefficient (Wildman–Crippen LogP) is 4.39. The second-order valence-electron chi connectivity index (χ2n) is 9.30. The number of nitrogens with one attached hydrogen (secondary N) is 2. The van der Waals surface area contributed by atoms with E-state index in [-0.39, 0.29) is 34.2 Å². The highest BCUT2D eigenvalue weighted by Crippen LogP contribution is 2.18. The fraction of sp³-hybridized carbons (Fsp3) is 0.481. The van der Waals surface area contributed by atoms with Gasteiger partial charge in [-0.2, -0.15) is 0 Å². The van der Waals surface area contributed by atoms with Gasteiger partial charge in [-0.15, -0.1) is 0 Å². The first-order valence-corrected chi connectivity index (χ1v) is 14.4. The van der Waals surface area contributed by atoms with Crippen molar-refractivity contribution in [3.63, 3.8) is 0 Å². The molecule has 3 rings (SSSR count). The second kappa shape index (κ2) is 13.3. The Hall–Kier alpha value is -3.27. The number of hydrogen-bond acceptors (Lipinski definition) is 7. The molecule has 0 unspecified atom stereocenters. The molecule has 1 aliphatic rings. The van der Waals surface area contributed by atoms with Crippen LogP contribution in [0, 0.1) is 0 Å². The topological polar surface area (TPSA) is 132 Å². The number of sulfonamides is 1. The van der Waals surface area contributed by atoms with Crippen LogP contribution in [-0.4, -0.2) is 43.3 Å². The minimum atomic E-state index is -4.18. The molecule has 0 atom stereocenters. The molecule has 1 saturated carbocycles. The molecule has 0 bridgehead atoms. The SMILES string of the molecule is CCCC(CCC)OC(=O)c1ccc(C(=O)NS(=O)(=O)c2ccc(C(=O)NC3CCCCC3)cc2)cn1. The number of nitrogens with zero attached hydrogens (tertiary/aromatic N) is 1. The van der Waals surface area contributed by atoms with Gasteiger partial charge in [-0.1, -0.05) is 46.0 Å². The van der Waals surface area contributed by atoms with Crippen molar-refractivity contribution in [3.8, 4) is 0 Å². The molecule has 1 aromatic carbocycles. The normalized spacial score (nSPS) is 14.2. The van der Waals surface area contributed by atoms with Crippen LogP contribution in [0.25, 0.3) is 0 Å². The maximum atomic E-state index is 12.7. The standard InChI is InChI=1S/C27H35N3O6S/c1-3-8-22(9-4-2)36-27(33)24-17-14-20(18-28-24)26(32)30-37(34,35)23-15-12-19(13-16-23)25(31)29-21-10-6-5-7-11-21/h12-18,21-22H,3-11H2,1-2H3,(H,29,31)(H,30,32). The summed E-state index contributed by atoms with van der Waals surface area (Å²) in [7, 11) is -4.18. The molecule has 2 N–H and O–H groups in total. The van der Waals surface area contributed by atoms with E-state index in [0.717, 1.165) is 57.6 Å². The van der Waals surface area contributed by atoms with Crippen LogP contribution in [0.15, 0.2) is 47.5 Å². The second-order valence-corrected chi connectivity index (χ2v) is 11.0. The molecule has 2 amide bonds. The van der Waals surface area contributed by atoms with Gasteiger partial charge in [-0.3, -0.25) is 9.59 Å². The maximum Gasteiger partial charge on any atom is 0.357 e. The molecule has 1 aliphatic carbocycles. The fourth-order valence-corrected chi connectivity index (χ4v) is 5.28. The van der Waals surface area contributed by atoms with Crippen LogP contribution in [0.4, 0.5) is 0 Å². The lowest BCUT2D eigenvalue weighted by Crippen LogP contribution is -2.36. The minimum absolute atomic E-state index is 0.0257. The Morgan fingerprint density at radius 2 is 1.54 bits per heavy atom. The van der Waals surface area contributed by atoms with Crippen molar-refractivity contribution in [2.75, 3.05) is 0 Å². The van der Waals surface area contributed by atoms with Gasteiger partial charge in [0.25, 0.3) is 21.8 Å². The summed E-state index contributed by atoms with van der Waals surface area (Å²) in [6.07, 6.45) is 9.45. The van der Waals surface area contributed by atoms with E-state index in [1.165, 1.54) is 42.8 Å². The first kappa shape index (κ1) is 28.3. The molecular formula is C27H35N3O6S. The monoisotopic (exact) mass is 529 g/mol. The van der Waals surface area contributed by atoms with E-state index < -0.39 is 21.9 Å². The maximum absolute atomic E-state index is 12.7. The summed E-state index contributed by atoms with van der Waals surface area (Å²) in [6, 6.07) is 8.20. The average Bonchev–Trinajstić information content (AvgIpc) is 2.89. The molecule has 0 aliphatic heterocycles. The number of esters is 1.